The quantitative estimate of drug-likeness (QED) is 0.831. The van der Waals surface area contributed by atoms with E-state index < -0.39 is 0 Å². The molecule has 0 saturated carbocycles. The topological polar surface area (TPSA) is 21.7 Å². The molecule has 3 fully saturated rings. The van der Waals surface area contributed by atoms with Gasteiger partial charge in [0.25, 0.3) is 0 Å². The second-order valence-corrected chi connectivity index (χ2v) is 7.95. The summed E-state index contributed by atoms with van der Waals surface area (Å²) in [6.07, 6.45) is 6.62. The maximum Gasteiger partial charge on any atom is 0.0828 e. The Labute approximate surface area is 146 Å². The van der Waals surface area contributed by atoms with E-state index in [1.54, 1.807) is 0 Å². The molecule has 0 spiro atoms. The van der Waals surface area contributed by atoms with E-state index >= 15 is 0 Å². The lowest BCUT2D eigenvalue weighted by molar-refractivity contribution is 0.111. The van der Waals surface area contributed by atoms with Crippen LogP contribution in [0.5, 0.6) is 0 Å². The summed E-state index contributed by atoms with van der Waals surface area (Å²) >= 11 is 0. The number of aryl methyl sites for hydroxylation is 1. The van der Waals surface area contributed by atoms with Crippen LogP contribution in [-0.2, 0) is 9.47 Å². The van der Waals surface area contributed by atoms with Crippen LogP contribution in [0.15, 0.2) is 18.2 Å². The highest BCUT2D eigenvalue weighted by Gasteiger charge is 2.26. The van der Waals surface area contributed by atoms with Gasteiger partial charge in [0.15, 0.2) is 0 Å². The molecule has 132 valence electrons. The van der Waals surface area contributed by atoms with E-state index in [1.807, 2.05) is 0 Å². The van der Waals surface area contributed by atoms with Gasteiger partial charge >= 0.3 is 0 Å². The highest BCUT2D eigenvalue weighted by molar-refractivity contribution is 5.35. The Bertz CT molecular complexity index is 547. The Morgan fingerprint density at radius 1 is 1.12 bits per heavy atom. The number of likely N-dealkylation sites (tertiary alicyclic amines) is 1. The van der Waals surface area contributed by atoms with Crippen molar-refractivity contribution < 1.29 is 9.47 Å². The fourth-order valence-electron chi connectivity index (χ4n) is 4.72. The van der Waals surface area contributed by atoms with Gasteiger partial charge in [-0.05, 0) is 74.1 Å². The minimum atomic E-state index is 0.337. The van der Waals surface area contributed by atoms with Gasteiger partial charge in [-0.25, -0.2) is 0 Å². The lowest BCUT2D eigenvalue weighted by Crippen LogP contribution is -2.37. The van der Waals surface area contributed by atoms with Crippen molar-refractivity contribution in [2.45, 2.75) is 51.0 Å². The van der Waals surface area contributed by atoms with Crippen LogP contribution >= 0.6 is 0 Å². The first-order chi connectivity index (χ1) is 11.8. The average Bonchev–Trinajstić information content (AvgIpc) is 3.29. The molecule has 3 nitrogen and oxygen atoms in total. The lowest BCUT2D eigenvalue weighted by atomic mass is 9.87. The predicted molar refractivity (Wildman–Crippen MR) is 96.4 cm³/mol. The molecule has 3 heterocycles. The number of piperidine rings is 1. The molecule has 3 saturated heterocycles. The van der Waals surface area contributed by atoms with Gasteiger partial charge in [-0.15, -0.1) is 0 Å². The van der Waals surface area contributed by atoms with Crippen LogP contribution < -0.4 is 0 Å². The summed E-state index contributed by atoms with van der Waals surface area (Å²) in [5.41, 5.74) is 4.36. The van der Waals surface area contributed by atoms with Gasteiger partial charge in [-0.1, -0.05) is 18.2 Å². The maximum atomic E-state index is 5.88. The number of rotatable bonds is 4. The van der Waals surface area contributed by atoms with E-state index in [0.717, 1.165) is 25.7 Å². The number of ether oxygens (including phenoxy) is 2. The zero-order valence-corrected chi connectivity index (χ0v) is 15.0. The SMILES string of the molecule is Cc1cc(C2CCCN(CC3CCOC3)C2)ccc1C1CCCO1. The van der Waals surface area contributed by atoms with Crippen molar-refractivity contribution in [2.24, 2.45) is 5.92 Å². The molecule has 3 atom stereocenters. The van der Waals surface area contributed by atoms with E-state index in [4.69, 9.17) is 9.47 Å². The molecule has 4 rings (SSSR count). The van der Waals surface area contributed by atoms with Crippen molar-refractivity contribution in [3.05, 3.63) is 34.9 Å². The first-order valence-corrected chi connectivity index (χ1v) is 9.82. The van der Waals surface area contributed by atoms with Gasteiger partial charge in [-0.3, -0.25) is 0 Å². The molecular weight excluding hydrogens is 298 g/mol. The van der Waals surface area contributed by atoms with Gasteiger partial charge in [0.1, 0.15) is 0 Å². The summed E-state index contributed by atoms with van der Waals surface area (Å²) < 4.78 is 11.4. The molecular formula is C21H31NO2. The Kier molecular flexibility index (Phi) is 5.21. The Balaban J connectivity index is 1.41. The highest BCUT2D eigenvalue weighted by atomic mass is 16.5. The molecule has 3 aliphatic heterocycles. The first kappa shape index (κ1) is 16.6. The van der Waals surface area contributed by atoms with E-state index in [1.165, 1.54) is 68.4 Å². The molecule has 0 aromatic heterocycles. The Hall–Kier alpha value is -0.900. The summed E-state index contributed by atoms with van der Waals surface area (Å²) in [6, 6.07) is 7.14. The molecule has 0 bridgehead atoms. The monoisotopic (exact) mass is 329 g/mol. The standard InChI is InChI=1S/C21H31NO2/c1-16-12-18(6-7-20(16)21-5-3-10-24-21)19-4-2-9-22(14-19)13-17-8-11-23-15-17/h6-7,12,17,19,21H,2-5,8-11,13-15H2,1H3. The van der Waals surface area contributed by atoms with Gasteiger partial charge in [0.2, 0.25) is 0 Å². The van der Waals surface area contributed by atoms with Crippen molar-refractivity contribution in [3.8, 4) is 0 Å². The van der Waals surface area contributed by atoms with E-state index in [-0.39, 0.29) is 0 Å². The maximum absolute atomic E-state index is 5.88. The van der Waals surface area contributed by atoms with E-state index in [2.05, 4.69) is 30.0 Å². The third-order valence-electron chi connectivity index (χ3n) is 6.09. The molecule has 3 unspecified atom stereocenters. The Morgan fingerprint density at radius 3 is 2.83 bits per heavy atom. The van der Waals surface area contributed by atoms with Crippen LogP contribution in [0.2, 0.25) is 0 Å². The summed E-state index contributed by atoms with van der Waals surface area (Å²) in [6.45, 7) is 8.83. The van der Waals surface area contributed by atoms with Crippen LogP contribution in [-0.4, -0.2) is 44.4 Å². The van der Waals surface area contributed by atoms with Crippen LogP contribution in [0.4, 0.5) is 0 Å². The molecule has 3 heteroatoms. The normalized spacial score (nSPS) is 31.6. The molecule has 24 heavy (non-hydrogen) atoms. The number of benzene rings is 1. The van der Waals surface area contributed by atoms with Crippen LogP contribution in [0.1, 0.15) is 60.8 Å². The molecule has 3 aliphatic rings. The van der Waals surface area contributed by atoms with Crippen LogP contribution in [0, 0.1) is 12.8 Å². The molecule has 1 aromatic carbocycles. The highest BCUT2D eigenvalue weighted by Crippen LogP contribution is 2.34. The lowest BCUT2D eigenvalue weighted by Gasteiger charge is -2.34. The zero-order chi connectivity index (χ0) is 16.4. The molecule has 0 radical (unpaired) electrons. The second kappa shape index (κ2) is 7.55. The average molecular weight is 329 g/mol. The fraction of sp³-hybridized carbons (Fsp3) is 0.714. The van der Waals surface area contributed by atoms with Gasteiger partial charge < -0.3 is 14.4 Å². The summed E-state index contributed by atoms with van der Waals surface area (Å²) in [7, 11) is 0. The van der Waals surface area contributed by atoms with Crippen molar-refractivity contribution in [1.29, 1.82) is 0 Å². The first-order valence-electron chi connectivity index (χ1n) is 9.82. The minimum absolute atomic E-state index is 0.337. The molecule has 1 aromatic rings. The summed E-state index contributed by atoms with van der Waals surface area (Å²) in [5, 5.41) is 0. The van der Waals surface area contributed by atoms with Crippen molar-refractivity contribution in [1.82, 2.24) is 4.90 Å². The van der Waals surface area contributed by atoms with Crippen LogP contribution in [0.25, 0.3) is 0 Å². The zero-order valence-electron chi connectivity index (χ0n) is 15.0. The molecule has 0 amide bonds. The third kappa shape index (κ3) is 3.68. The van der Waals surface area contributed by atoms with Crippen molar-refractivity contribution in [2.75, 3.05) is 39.5 Å². The van der Waals surface area contributed by atoms with Gasteiger partial charge in [0, 0.05) is 26.3 Å². The van der Waals surface area contributed by atoms with Crippen molar-refractivity contribution >= 4 is 0 Å². The summed E-state index contributed by atoms with van der Waals surface area (Å²) in [5.74, 6) is 1.45. The van der Waals surface area contributed by atoms with Crippen LogP contribution in [0.3, 0.4) is 0 Å². The predicted octanol–water partition coefficient (Wildman–Crippen LogP) is 4.06. The molecule has 0 N–H and O–H groups in total. The van der Waals surface area contributed by atoms with Gasteiger partial charge in [0.05, 0.1) is 12.7 Å². The summed E-state index contributed by atoms with van der Waals surface area (Å²) in [4.78, 5) is 2.68. The molecule has 0 aliphatic carbocycles. The third-order valence-corrected chi connectivity index (χ3v) is 6.09. The minimum Gasteiger partial charge on any atom is -0.381 e. The smallest absolute Gasteiger partial charge is 0.0828 e. The number of nitrogens with zero attached hydrogens (tertiary/aromatic N) is 1. The van der Waals surface area contributed by atoms with E-state index in [0.29, 0.717) is 12.0 Å². The largest absolute Gasteiger partial charge is 0.381 e. The number of hydrogen-bond acceptors (Lipinski definition) is 3. The Morgan fingerprint density at radius 2 is 2.08 bits per heavy atom. The number of hydrogen-bond donors (Lipinski definition) is 0. The van der Waals surface area contributed by atoms with Crippen molar-refractivity contribution in [3.63, 3.8) is 0 Å². The fourth-order valence-corrected chi connectivity index (χ4v) is 4.72. The van der Waals surface area contributed by atoms with E-state index in [9.17, 15) is 0 Å². The second-order valence-electron chi connectivity index (χ2n) is 7.95. The van der Waals surface area contributed by atoms with Gasteiger partial charge in [-0.2, -0.15) is 0 Å².